The summed E-state index contributed by atoms with van der Waals surface area (Å²) in [5, 5.41) is 9.00. The topological polar surface area (TPSA) is 49.2 Å². The highest BCUT2D eigenvalue weighted by atomic mass is 16.5. The number of rotatable bonds is 17. The third-order valence-electron chi connectivity index (χ3n) is 17.0. The van der Waals surface area contributed by atoms with Crippen molar-refractivity contribution in [3.8, 4) is 11.5 Å². The van der Waals surface area contributed by atoms with E-state index in [0.717, 1.165) is 36.6 Å². The Morgan fingerprint density at radius 3 is 0.855 bits per heavy atom. The first-order valence-corrected chi connectivity index (χ1v) is 30.1. The molecule has 0 unspecified atom stereocenters. The van der Waals surface area contributed by atoms with Crippen LogP contribution in [0.2, 0.25) is 0 Å². The van der Waals surface area contributed by atoms with Gasteiger partial charge in [-0.2, -0.15) is 0 Å². The zero-order chi connectivity index (χ0) is 59.6. The molecule has 5 heteroatoms. The second kappa shape index (κ2) is 23.6. The monoisotopic (exact) mass is 1100 g/mol. The highest BCUT2D eigenvalue weighted by molar-refractivity contribution is 5.63. The zero-order valence-electron chi connectivity index (χ0n) is 52.7. The highest BCUT2D eigenvalue weighted by Crippen LogP contribution is 2.49. The van der Waals surface area contributed by atoms with E-state index in [1.54, 1.807) is 0 Å². The Bertz CT molecular complexity index is 3340. The lowest BCUT2D eigenvalue weighted by molar-refractivity contribution is 0.300. The van der Waals surface area contributed by atoms with E-state index in [-0.39, 0.29) is 27.1 Å². The molecular weight excluding hydrogens is 1010 g/mol. The van der Waals surface area contributed by atoms with Gasteiger partial charge >= 0.3 is 0 Å². The van der Waals surface area contributed by atoms with E-state index in [2.05, 4.69) is 315 Å². The summed E-state index contributed by atoms with van der Waals surface area (Å²) in [4.78, 5) is 0. The van der Waals surface area contributed by atoms with Gasteiger partial charge in [0.2, 0.25) is 0 Å². The minimum Gasteiger partial charge on any atom is -0.494 e. The smallest absolute Gasteiger partial charge is 0.134 e. The van der Waals surface area contributed by atoms with E-state index >= 15 is 0 Å². The van der Waals surface area contributed by atoms with Crippen LogP contribution in [-0.4, -0.2) is 21.6 Å². The Morgan fingerprint density at radius 2 is 0.566 bits per heavy atom. The van der Waals surface area contributed by atoms with Crippen LogP contribution in [-0.2, 0) is 51.1 Å². The van der Waals surface area contributed by atoms with Crippen LogP contribution in [0.4, 0.5) is 0 Å². The van der Waals surface area contributed by atoms with Crippen molar-refractivity contribution in [3.63, 3.8) is 0 Å². The van der Waals surface area contributed by atoms with Gasteiger partial charge in [-0.25, -0.2) is 0 Å². The fraction of sp³-hybridized carbons (Fsp3) is 0.359. The molecule has 5 nitrogen and oxygen atoms in total. The van der Waals surface area contributed by atoms with E-state index in [1.165, 1.54) is 77.9 Å². The lowest BCUT2D eigenvalue weighted by atomic mass is 9.64. The maximum atomic E-state index is 6.45. The van der Waals surface area contributed by atoms with Crippen LogP contribution in [0.3, 0.4) is 0 Å². The Hall–Kier alpha value is -7.50. The number of ether oxygens (including phenoxy) is 2. The summed E-state index contributed by atoms with van der Waals surface area (Å²) < 4.78 is 14.8. The van der Waals surface area contributed by atoms with Crippen molar-refractivity contribution in [1.29, 1.82) is 0 Å². The van der Waals surface area contributed by atoms with Gasteiger partial charge in [0, 0.05) is 6.54 Å². The summed E-state index contributed by atoms with van der Waals surface area (Å²) in [6.07, 6.45) is 3.76. The van der Waals surface area contributed by atoms with Gasteiger partial charge < -0.3 is 9.47 Å². The van der Waals surface area contributed by atoms with E-state index < -0.39 is 10.8 Å². The first kappa shape index (κ1) is 60.1. The Morgan fingerprint density at radius 1 is 0.313 bits per heavy atom. The Labute approximate surface area is 498 Å². The molecule has 0 atom stereocenters. The van der Waals surface area contributed by atoms with Gasteiger partial charge in [-0.15, -0.1) is 5.10 Å². The first-order valence-electron chi connectivity index (χ1n) is 30.1. The molecule has 0 N–H and O–H groups in total. The largest absolute Gasteiger partial charge is 0.494 e. The second-order valence-corrected chi connectivity index (χ2v) is 28.4. The van der Waals surface area contributed by atoms with Crippen molar-refractivity contribution < 1.29 is 9.47 Å². The molecule has 0 bridgehead atoms. The van der Waals surface area contributed by atoms with Crippen molar-refractivity contribution >= 4 is 0 Å². The van der Waals surface area contributed by atoms with Crippen molar-refractivity contribution in [3.05, 3.63) is 284 Å². The summed E-state index contributed by atoms with van der Waals surface area (Å²) in [6.45, 7) is 38.0. The van der Waals surface area contributed by atoms with E-state index in [1.807, 2.05) is 10.9 Å². The van der Waals surface area contributed by atoms with Gasteiger partial charge in [-0.05, 0) is 143 Å². The molecule has 0 saturated heterocycles. The summed E-state index contributed by atoms with van der Waals surface area (Å²) >= 11 is 0. The van der Waals surface area contributed by atoms with Gasteiger partial charge in [-0.1, -0.05) is 284 Å². The predicted octanol–water partition coefficient (Wildman–Crippen LogP) is 19.3. The number of benzene rings is 8. The molecule has 9 aromatic rings. The molecule has 1 heterocycles. The van der Waals surface area contributed by atoms with Gasteiger partial charge in [0.05, 0.1) is 23.6 Å². The third kappa shape index (κ3) is 13.2. The van der Waals surface area contributed by atoms with Gasteiger partial charge in [-0.3, -0.25) is 4.68 Å². The third-order valence-corrected chi connectivity index (χ3v) is 17.0. The average Bonchev–Trinajstić information content (AvgIpc) is 1.71. The van der Waals surface area contributed by atoms with Crippen molar-refractivity contribution in [2.24, 2.45) is 0 Å². The molecule has 0 spiro atoms. The fourth-order valence-electron chi connectivity index (χ4n) is 11.7. The maximum Gasteiger partial charge on any atom is 0.134 e. The molecule has 8 aromatic carbocycles. The minimum atomic E-state index is -0.603. The molecule has 0 aliphatic rings. The minimum absolute atomic E-state index is 0.0272. The lowest BCUT2D eigenvalue weighted by Crippen LogP contribution is -2.31. The zero-order valence-corrected chi connectivity index (χ0v) is 52.7. The predicted molar refractivity (Wildman–Crippen MR) is 347 cm³/mol. The molecule has 0 saturated carbocycles. The SMILES string of the molecule is Cc1ccc(C(c2ccc(OCCCCn3cc(COc4ccc(C(c5ccc(C(C)(C)C)cc5)(c5ccc(C(C)(C)C)cc5)c5ccc(C(C)(C)C)cc5)cc4)nn3)cc2)(c2ccc(C(C)(C)C)cc2)c2ccc(C(C)(C)C)cc2)cc1. The molecule has 430 valence electrons. The van der Waals surface area contributed by atoms with Crippen LogP contribution >= 0.6 is 0 Å². The summed E-state index contributed by atoms with van der Waals surface area (Å²) in [7, 11) is 0. The standard InChI is InChI=1S/C78H91N3O2/c1-55-19-21-61(22-20-55)77(62-33-23-56(24-34-62)72(2,3)4,63-35-25-57(26-36-63)73(5,6)7)67-43-47-70(48-44-67)82-52-18-17-51-81-53-69(79-80-81)54-83-71-49-45-68(46-50-71)78(64-37-27-58(28-38-64)74(8,9)10,65-39-29-59(30-40-65)75(11,12)13)66-41-31-60(32-42-66)76(14,15)16/h19-50,53H,17-18,51-52,54H2,1-16H3. The van der Waals surface area contributed by atoms with Crippen LogP contribution in [0.5, 0.6) is 11.5 Å². The van der Waals surface area contributed by atoms with Gasteiger partial charge in [0.25, 0.3) is 0 Å². The number of unbranched alkanes of at least 4 members (excludes halogenated alkanes) is 1. The first-order chi connectivity index (χ1) is 39.2. The number of hydrogen-bond acceptors (Lipinski definition) is 4. The number of aryl methyl sites for hydroxylation is 2. The maximum absolute atomic E-state index is 6.45. The normalized spacial score (nSPS) is 12.8. The second-order valence-electron chi connectivity index (χ2n) is 28.4. The van der Waals surface area contributed by atoms with Crippen molar-refractivity contribution in [2.75, 3.05) is 6.61 Å². The molecule has 9 rings (SSSR count). The quantitative estimate of drug-likeness (QED) is 0.0673. The average molecular weight is 1100 g/mol. The van der Waals surface area contributed by atoms with Gasteiger partial charge in [0.1, 0.15) is 23.8 Å². The van der Waals surface area contributed by atoms with Crippen LogP contribution in [0.15, 0.2) is 200 Å². The number of hydrogen-bond donors (Lipinski definition) is 0. The van der Waals surface area contributed by atoms with Crippen molar-refractivity contribution in [1.82, 2.24) is 15.0 Å². The fourth-order valence-corrected chi connectivity index (χ4v) is 11.7. The van der Waals surface area contributed by atoms with Crippen LogP contribution < -0.4 is 9.47 Å². The summed E-state index contributed by atoms with van der Waals surface area (Å²) in [6, 6.07) is 73.1. The molecular formula is C78H91N3O2. The summed E-state index contributed by atoms with van der Waals surface area (Å²) in [5.41, 5.74) is 17.3. The molecule has 0 amide bonds. The van der Waals surface area contributed by atoms with Gasteiger partial charge in [0.15, 0.2) is 0 Å². The van der Waals surface area contributed by atoms with Crippen LogP contribution in [0, 0.1) is 6.92 Å². The number of aromatic nitrogens is 3. The number of nitrogens with zero attached hydrogens (tertiary/aromatic N) is 3. The van der Waals surface area contributed by atoms with E-state index in [4.69, 9.17) is 9.47 Å². The molecule has 0 aliphatic carbocycles. The van der Waals surface area contributed by atoms with E-state index in [0.29, 0.717) is 13.2 Å². The highest BCUT2D eigenvalue weighted by Gasteiger charge is 2.41. The summed E-state index contributed by atoms with van der Waals surface area (Å²) in [5.74, 6) is 1.64. The van der Waals surface area contributed by atoms with Crippen LogP contribution in [0.1, 0.15) is 200 Å². The lowest BCUT2D eigenvalue weighted by Gasteiger charge is -2.38. The molecule has 0 radical (unpaired) electrons. The Balaban J connectivity index is 0.888. The van der Waals surface area contributed by atoms with Crippen LogP contribution in [0.25, 0.3) is 0 Å². The molecule has 0 aliphatic heterocycles. The Kier molecular flexibility index (Phi) is 17.1. The van der Waals surface area contributed by atoms with E-state index in [9.17, 15) is 0 Å². The molecule has 0 fully saturated rings. The molecule has 1 aromatic heterocycles. The van der Waals surface area contributed by atoms with Crippen molar-refractivity contribution in [2.45, 2.75) is 175 Å². The molecule has 83 heavy (non-hydrogen) atoms.